The average molecular weight is 345 g/mol. The second-order valence-electron chi connectivity index (χ2n) is 6.44. The van der Waals surface area contributed by atoms with Crippen molar-refractivity contribution < 1.29 is 19.4 Å². The van der Waals surface area contributed by atoms with Crippen LogP contribution in [0.5, 0.6) is 0 Å². The highest BCUT2D eigenvalue weighted by molar-refractivity contribution is 5.89. The first-order chi connectivity index (χ1) is 11.9. The van der Waals surface area contributed by atoms with E-state index in [4.69, 9.17) is 10.8 Å². The number of aliphatic hydroxyl groups excluding tert-OH is 1. The van der Waals surface area contributed by atoms with Gasteiger partial charge in [-0.1, -0.05) is 6.07 Å². The van der Waals surface area contributed by atoms with Crippen molar-refractivity contribution in [3.05, 3.63) is 41.0 Å². The summed E-state index contributed by atoms with van der Waals surface area (Å²) in [6, 6.07) is 2.72. The number of hydrogen-bond donors (Lipinski definition) is 3. The van der Waals surface area contributed by atoms with Gasteiger partial charge < -0.3 is 15.9 Å². The van der Waals surface area contributed by atoms with E-state index < -0.39 is 11.8 Å². The van der Waals surface area contributed by atoms with E-state index in [0.29, 0.717) is 24.1 Å². The van der Waals surface area contributed by atoms with Crippen LogP contribution in [-0.2, 0) is 0 Å². The Bertz CT molecular complexity index is 817. The Kier molecular flexibility index (Phi) is 4.67. The SMILES string of the molecule is Cc1c(-c2nc(C3CCC(O)CC3)cnc2N)ccc(C(=O)O)c1F. The molecule has 132 valence electrons. The number of carboxylic acid groups (broad SMARTS) is 1. The number of carbonyl (C=O) groups is 1. The predicted octanol–water partition coefficient (Wildman–Crippen LogP) is 2.89. The van der Waals surface area contributed by atoms with E-state index in [2.05, 4.69) is 9.97 Å². The number of benzene rings is 1. The molecule has 0 unspecified atom stereocenters. The molecule has 0 aliphatic heterocycles. The van der Waals surface area contributed by atoms with Crippen LogP contribution in [-0.4, -0.2) is 32.3 Å². The molecule has 0 atom stereocenters. The molecular formula is C18H20FN3O3. The Balaban J connectivity index is 2.01. The van der Waals surface area contributed by atoms with Crippen molar-refractivity contribution in [1.82, 2.24) is 9.97 Å². The zero-order valence-electron chi connectivity index (χ0n) is 13.9. The molecule has 6 nitrogen and oxygen atoms in total. The molecule has 4 N–H and O–H groups in total. The Hall–Kier alpha value is -2.54. The third-order valence-corrected chi connectivity index (χ3v) is 4.81. The average Bonchev–Trinajstić information content (AvgIpc) is 2.58. The van der Waals surface area contributed by atoms with Gasteiger partial charge in [0, 0.05) is 11.5 Å². The Morgan fingerprint density at radius 1 is 1.28 bits per heavy atom. The van der Waals surface area contributed by atoms with Crippen molar-refractivity contribution in [3.8, 4) is 11.3 Å². The van der Waals surface area contributed by atoms with Gasteiger partial charge in [0.2, 0.25) is 0 Å². The Morgan fingerprint density at radius 2 is 1.96 bits per heavy atom. The number of aliphatic hydroxyl groups is 1. The minimum atomic E-state index is -1.32. The summed E-state index contributed by atoms with van der Waals surface area (Å²) in [5, 5.41) is 18.7. The molecule has 1 fully saturated rings. The number of halogens is 1. The third-order valence-electron chi connectivity index (χ3n) is 4.81. The molecule has 0 radical (unpaired) electrons. The van der Waals surface area contributed by atoms with E-state index in [9.17, 15) is 14.3 Å². The molecule has 2 aromatic rings. The normalized spacial score (nSPS) is 20.4. The highest BCUT2D eigenvalue weighted by Gasteiger charge is 2.24. The zero-order chi connectivity index (χ0) is 18.1. The molecule has 0 spiro atoms. The molecule has 1 aliphatic carbocycles. The van der Waals surface area contributed by atoms with Gasteiger partial charge in [-0.25, -0.2) is 19.2 Å². The lowest BCUT2D eigenvalue weighted by Gasteiger charge is -2.25. The molecule has 1 saturated carbocycles. The van der Waals surface area contributed by atoms with Crippen molar-refractivity contribution in [1.29, 1.82) is 0 Å². The molecule has 1 heterocycles. The highest BCUT2D eigenvalue weighted by Crippen LogP contribution is 2.34. The van der Waals surface area contributed by atoms with Gasteiger partial charge in [0.25, 0.3) is 0 Å². The first kappa shape index (κ1) is 17.3. The molecule has 0 amide bonds. The van der Waals surface area contributed by atoms with Crippen LogP contribution in [0.1, 0.15) is 53.2 Å². The molecule has 25 heavy (non-hydrogen) atoms. The largest absolute Gasteiger partial charge is 0.478 e. The lowest BCUT2D eigenvalue weighted by atomic mass is 9.85. The fourth-order valence-corrected chi connectivity index (χ4v) is 3.29. The second kappa shape index (κ2) is 6.76. The standard InChI is InChI=1S/C18H20FN3O3/c1-9-12(6-7-13(15(9)19)18(24)25)16-17(20)21-8-14(22-16)10-2-4-11(23)5-3-10/h6-8,10-11,23H,2-5H2,1H3,(H2,20,21)(H,24,25). The van der Waals surface area contributed by atoms with Crippen molar-refractivity contribution in [2.75, 3.05) is 5.73 Å². The van der Waals surface area contributed by atoms with Gasteiger partial charge in [-0.05, 0) is 44.2 Å². The fourth-order valence-electron chi connectivity index (χ4n) is 3.29. The van der Waals surface area contributed by atoms with E-state index >= 15 is 0 Å². The van der Waals surface area contributed by atoms with Gasteiger partial charge in [-0.15, -0.1) is 0 Å². The molecular weight excluding hydrogens is 325 g/mol. The smallest absolute Gasteiger partial charge is 0.338 e. The van der Waals surface area contributed by atoms with Gasteiger partial charge in [0.1, 0.15) is 17.3 Å². The molecule has 0 saturated heterocycles. The van der Waals surface area contributed by atoms with Crippen LogP contribution in [0, 0.1) is 12.7 Å². The Morgan fingerprint density at radius 3 is 2.60 bits per heavy atom. The lowest BCUT2D eigenvalue weighted by Crippen LogP contribution is -2.18. The quantitative estimate of drug-likeness (QED) is 0.789. The number of hydrogen-bond acceptors (Lipinski definition) is 5. The number of nitrogens with two attached hydrogens (primary N) is 1. The minimum Gasteiger partial charge on any atom is -0.478 e. The van der Waals surface area contributed by atoms with Gasteiger partial charge in [0.15, 0.2) is 0 Å². The number of anilines is 1. The number of nitrogens with zero attached hydrogens (tertiary/aromatic N) is 2. The number of aromatic carboxylic acids is 1. The summed E-state index contributed by atoms with van der Waals surface area (Å²) in [6.07, 6.45) is 4.41. The second-order valence-corrected chi connectivity index (χ2v) is 6.44. The van der Waals surface area contributed by atoms with Crippen LogP contribution >= 0.6 is 0 Å². The number of aromatic nitrogens is 2. The van der Waals surface area contributed by atoms with E-state index in [1.54, 1.807) is 6.20 Å². The van der Waals surface area contributed by atoms with E-state index in [1.807, 2.05) is 0 Å². The molecule has 3 rings (SSSR count). The topological polar surface area (TPSA) is 109 Å². The summed E-state index contributed by atoms with van der Waals surface area (Å²) in [6.45, 7) is 1.50. The van der Waals surface area contributed by atoms with Gasteiger partial charge in [-0.2, -0.15) is 0 Å². The molecule has 7 heteroatoms. The lowest BCUT2D eigenvalue weighted by molar-refractivity contribution is 0.0691. The molecule has 0 bridgehead atoms. The first-order valence-corrected chi connectivity index (χ1v) is 8.21. The first-order valence-electron chi connectivity index (χ1n) is 8.21. The van der Waals surface area contributed by atoms with E-state index in [0.717, 1.165) is 18.5 Å². The van der Waals surface area contributed by atoms with Crippen LogP contribution in [0.15, 0.2) is 18.3 Å². The van der Waals surface area contributed by atoms with Crippen molar-refractivity contribution in [3.63, 3.8) is 0 Å². The van der Waals surface area contributed by atoms with Crippen molar-refractivity contribution in [2.24, 2.45) is 0 Å². The number of nitrogen functional groups attached to an aromatic ring is 1. The summed E-state index contributed by atoms with van der Waals surface area (Å²) in [5.74, 6) is -1.76. The number of rotatable bonds is 3. The van der Waals surface area contributed by atoms with Crippen LogP contribution < -0.4 is 5.73 Å². The van der Waals surface area contributed by atoms with Crippen LogP contribution in [0.2, 0.25) is 0 Å². The zero-order valence-corrected chi connectivity index (χ0v) is 13.9. The van der Waals surface area contributed by atoms with Crippen molar-refractivity contribution in [2.45, 2.75) is 44.6 Å². The highest BCUT2D eigenvalue weighted by atomic mass is 19.1. The predicted molar refractivity (Wildman–Crippen MR) is 90.8 cm³/mol. The maximum atomic E-state index is 14.3. The van der Waals surface area contributed by atoms with E-state index in [-0.39, 0.29) is 29.0 Å². The van der Waals surface area contributed by atoms with Crippen molar-refractivity contribution >= 4 is 11.8 Å². The maximum absolute atomic E-state index is 14.3. The summed E-state index contributed by atoms with van der Waals surface area (Å²) < 4.78 is 14.3. The third kappa shape index (κ3) is 3.32. The van der Waals surface area contributed by atoms with Crippen LogP contribution in [0.3, 0.4) is 0 Å². The van der Waals surface area contributed by atoms with E-state index in [1.165, 1.54) is 19.1 Å². The summed E-state index contributed by atoms with van der Waals surface area (Å²) in [7, 11) is 0. The number of carboxylic acids is 1. The Labute approximate surface area is 144 Å². The van der Waals surface area contributed by atoms with Gasteiger partial charge in [-0.3, -0.25) is 0 Å². The minimum absolute atomic E-state index is 0.171. The molecule has 1 aromatic heterocycles. The van der Waals surface area contributed by atoms with Gasteiger partial charge >= 0.3 is 5.97 Å². The summed E-state index contributed by atoms with van der Waals surface area (Å²) in [4.78, 5) is 19.8. The monoisotopic (exact) mass is 345 g/mol. The molecule has 1 aromatic carbocycles. The summed E-state index contributed by atoms with van der Waals surface area (Å²) >= 11 is 0. The maximum Gasteiger partial charge on any atom is 0.338 e. The molecule has 1 aliphatic rings. The van der Waals surface area contributed by atoms with Crippen LogP contribution in [0.25, 0.3) is 11.3 Å². The van der Waals surface area contributed by atoms with Gasteiger partial charge in [0.05, 0.1) is 23.6 Å². The summed E-state index contributed by atoms with van der Waals surface area (Å²) in [5.41, 5.74) is 7.29. The van der Waals surface area contributed by atoms with Crippen LogP contribution in [0.4, 0.5) is 10.2 Å². The fraction of sp³-hybridized carbons (Fsp3) is 0.389.